The van der Waals surface area contributed by atoms with Crippen molar-refractivity contribution in [2.75, 3.05) is 24.7 Å². The minimum Gasteiger partial charge on any atom is -0.489 e. The van der Waals surface area contributed by atoms with Gasteiger partial charge in [-0.05, 0) is 42.7 Å². The van der Waals surface area contributed by atoms with Gasteiger partial charge in [0.2, 0.25) is 5.91 Å². The molecule has 0 spiro atoms. The van der Waals surface area contributed by atoms with Crippen molar-refractivity contribution in [1.82, 2.24) is 0 Å². The maximum Gasteiger partial charge on any atom is 0.249 e. The van der Waals surface area contributed by atoms with Crippen LogP contribution < -0.4 is 9.64 Å². The minimum absolute atomic E-state index is 0.113. The first-order valence-electron chi connectivity index (χ1n) is 10.4. The third kappa shape index (κ3) is 5.44. The van der Waals surface area contributed by atoms with Gasteiger partial charge in [-0.3, -0.25) is 14.7 Å². The van der Waals surface area contributed by atoms with Gasteiger partial charge in [-0.1, -0.05) is 54.6 Å². The van der Waals surface area contributed by atoms with Gasteiger partial charge in [0.05, 0.1) is 17.3 Å². The molecule has 0 aromatic heterocycles. The van der Waals surface area contributed by atoms with Gasteiger partial charge in [0.1, 0.15) is 29.8 Å². The third-order valence-electron chi connectivity index (χ3n) is 4.94. The standard InChI is InChI=1S/C23H27ClN2O5S/c1-3-10-25-23-26(18-7-5-4-6-14(18)2)22(30)21(32-23)20(29)15-8-9-19(17(24)11-15)31-13-16(28)12-27/h4-9,11,16,20-21,27-29H,3,10,12-13H2,1-2H3/b25-23+/t16-,20?,21?/m0/s1. The third-order valence-corrected chi connectivity index (χ3v) is 6.47. The molecule has 3 rings (SSSR count). The van der Waals surface area contributed by atoms with Crippen LogP contribution in [0.3, 0.4) is 0 Å². The van der Waals surface area contributed by atoms with Crippen LogP contribution in [-0.4, -0.2) is 57.5 Å². The zero-order chi connectivity index (χ0) is 23.3. The summed E-state index contributed by atoms with van der Waals surface area (Å²) in [5.41, 5.74) is 2.16. The van der Waals surface area contributed by atoms with Gasteiger partial charge in [-0.2, -0.15) is 0 Å². The Bertz CT molecular complexity index is 987. The van der Waals surface area contributed by atoms with Crippen LogP contribution in [0.25, 0.3) is 0 Å². The Hall–Kier alpha value is -2.10. The molecule has 0 radical (unpaired) electrons. The Kier molecular flexibility index (Phi) is 8.56. The molecule has 1 aliphatic rings. The number of aryl methyl sites for hydroxylation is 1. The summed E-state index contributed by atoms with van der Waals surface area (Å²) in [4.78, 5) is 19.5. The Morgan fingerprint density at radius 1 is 1.25 bits per heavy atom. The molecule has 0 bridgehead atoms. The fourth-order valence-electron chi connectivity index (χ4n) is 3.22. The fraction of sp³-hybridized carbons (Fsp3) is 0.391. The Morgan fingerprint density at radius 3 is 2.66 bits per heavy atom. The average molecular weight is 479 g/mol. The zero-order valence-corrected chi connectivity index (χ0v) is 19.5. The van der Waals surface area contributed by atoms with Crippen molar-refractivity contribution < 1.29 is 24.9 Å². The summed E-state index contributed by atoms with van der Waals surface area (Å²) in [7, 11) is 0. The van der Waals surface area contributed by atoms with Gasteiger partial charge < -0.3 is 20.1 Å². The molecule has 2 aromatic carbocycles. The molecule has 2 unspecified atom stereocenters. The van der Waals surface area contributed by atoms with Crippen LogP contribution in [0.15, 0.2) is 47.5 Å². The molecule has 1 aliphatic heterocycles. The Balaban J connectivity index is 1.85. The normalized spacial score (nSPS) is 19.4. The largest absolute Gasteiger partial charge is 0.489 e. The highest BCUT2D eigenvalue weighted by atomic mass is 35.5. The molecular formula is C23H27ClN2O5S. The van der Waals surface area contributed by atoms with Crippen LogP contribution in [0.2, 0.25) is 5.02 Å². The van der Waals surface area contributed by atoms with Crippen LogP contribution in [-0.2, 0) is 4.79 Å². The van der Waals surface area contributed by atoms with Gasteiger partial charge in [0.25, 0.3) is 0 Å². The fourth-order valence-corrected chi connectivity index (χ4v) is 4.64. The number of carbonyl (C=O) groups excluding carboxylic acids is 1. The molecule has 1 heterocycles. The van der Waals surface area contributed by atoms with E-state index in [-0.39, 0.29) is 17.5 Å². The predicted octanol–water partition coefficient (Wildman–Crippen LogP) is 3.33. The maximum absolute atomic E-state index is 13.4. The number of aliphatic hydroxyl groups is 3. The van der Waals surface area contributed by atoms with E-state index in [0.29, 0.717) is 23.0 Å². The zero-order valence-electron chi connectivity index (χ0n) is 17.9. The van der Waals surface area contributed by atoms with Gasteiger partial charge in [-0.15, -0.1) is 0 Å². The summed E-state index contributed by atoms with van der Waals surface area (Å²) < 4.78 is 5.40. The number of thioether (sulfide) groups is 1. The van der Waals surface area contributed by atoms with Crippen LogP contribution in [0, 0.1) is 6.92 Å². The number of ether oxygens (including phenoxy) is 1. The van der Waals surface area contributed by atoms with E-state index in [1.807, 2.05) is 38.1 Å². The second kappa shape index (κ2) is 11.2. The number of hydrogen-bond acceptors (Lipinski definition) is 7. The summed E-state index contributed by atoms with van der Waals surface area (Å²) in [6.45, 7) is 3.99. The van der Waals surface area contributed by atoms with Crippen molar-refractivity contribution in [2.24, 2.45) is 4.99 Å². The second-order valence-electron chi connectivity index (χ2n) is 7.44. The molecule has 1 fully saturated rings. The highest BCUT2D eigenvalue weighted by Gasteiger charge is 2.43. The van der Waals surface area contributed by atoms with E-state index in [1.54, 1.807) is 23.1 Å². The summed E-state index contributed by atoms with van der Waals surface area (Å²) in [5, 5.41) is 29.4. The molecule has 32 heavy (non-hydrogen) atoms. The van der Waals surface area contributed by atoms with Crippen molar-refractivity contribution in [2.45, 2.75) is 37.7 Å². The number of rotatable bonds is 9. The van der Waals surface area contributed by atoms with E-state index < -0.39 is 24.1 Å². The lowest BCUT2D eigenvalue weighted by Crippen LogP contribution is -2.34. The molecule has 172 valence electrons. The smallest absolute Gasteiger partial charge is 0.249 e. The van der Waals surface area contributed by atoms with Crippen LogP contribution >= 0.6 is 23.4 Å². The lowest BCUT2D eigenvalue weighted by molar-refractivity contribution is -0.118. The van der Waals surface area contributed by atoms with Gasteiger partial charge in [0, 0.05) is 6.54 Å². The molecule has 1 saturated heterocycles. The van der Waals surface area contributed by atoms with Crippen molar-refractivity contribution in [3.8, 4) is 5.75 Å². The van der Waals surface area contributed by atoms with E-state index in [1.165, 1.54) is 11.8 Å². The summed E-state index contributed by atoms with van der Waals surface area (Å²) in [6.07, 6.45) is -1.28. The lowest BCUT2D eigenvalue weighted by Gasteiger charge is -2.20. The quantitative estimate of drug-likeness (QED) is 0.511. The predicted molar refractivity (Wildman–Crippen MR) is 128 cm³/mol. The van der Waals surface area contributed by atoms with Crippen molar-refractivity contribution in [3.05, 3.63) is 58.6 Å². The lowest BCUT2D eigenvalue weighted by atomic mass is 10.0. The number of aliphatic imine (C=N–C) groups is 1. The molecule has 1 amide bonds. The van der Waals surface area contributed by atoms with Crippen molar-refractivity contribution in [1.29, 1.82) is 0 Å². The highest BCUT2D eigenvalue weighted by molar-refractivity contribution is 8.16. The van der Waals surface area contributed by atoms with Crippen LogP contribution in [0.5, 0.6) is 5.75 Å². The Labute approximate surface area is 196 Å². The Morgan fingerprint density at radius 2 is 2.00 bits per heavy atom. The number of halogens is 1. The summed E-state index contributed by atoms with van der Waals surface area (Å²) >= 11 is 7.52. The van der Waals surface area contributed by atoms with E-state index in [4.69, 9.17) is 21.4 Å². The summed E-state index contributed by atoms with van der Waals surface area (Å²) in [5.74, 6) is 0.0708. The SMILES string of the molecule is CCC/N=C1/SC(C(O)c2ccc(OC[C@@H](O)CO)c(Cl)c2)C(=O)N1c1ccccc1C. The van der Waals surface area contributed by atoms with Crippen LogP contribution in [0.4, 0.5) is 5.69 Å². The number of para-hydroxylation sites is 1. The number of nitrogens with zero attached hydrogens (tertiary/aromatic N) is 2. The number of amidine groups is 1. The van der Waals surface area contributed by atoms with E-state index in [9.17, 15) is 15.0 Å². The van der Waals surface area contributed by atoms with E-state index >= 15 is 0 Å². The number of hydrogen-bond donors (Lipinski definition) is 3. The number of amides is 1. The molecule has 3 N–H and O–H groups in total. The van der Waals surface area contributed by atoms with Crippen LogP contribution in [0.1, 0.15) is 30.6 Å². The molecular weight excluding hydrogens is 452 g/mol. The monoisotopic (exact) mass is 478 g/mol. The number of carbonyl (C=O) groups is 1. The van der Waals surface area contributed by atoms with E-state index in [0.717, 1.165) is 17.7 Å². The molecule has 2 aromatic rings. The second-order valence-corrected chi connectivity index (χ2v) is 8.96. The topological polar surface area (TPSA) is 103 Å². The van der Waals surface area contributed by atoms with E-state index in [2.05, 4.69) is 4.99 Å². The molecule has 7 nitrogen and oxygen atoms in total. The highest BCUT2D eigenvalue weighted by Crippen LogP contribution is 2.40. The molecule has 9 heteroatoms. The van der Waals surface area contributed by atoms with Gasteiger partial charge >= 0.3 is 0 Å². The first-order chi connectivity index (χ1) is 15.4. The number of anilines is 1. The molecule has 0 aliphatic carbocycles. The molecule has 0 saturated carbocycles. The average Bonchev–Trinajstić information content (AvgIpc) is 3.12. The van der Waals surface area contributed by atoms with Crippen molar-refractivity contribution in [3.63, 3.8) is 0 Å². The van der Waals surface area contributed by atoms with Gasteiger partial charge in [-0.25, -0.2) is 0 Å². The van der Waals surface area contributed by atoms with Crippen molar-refractivity contribution >= 4 is 40.1 Å². The maximum atomic E-state index is 13.4. The number of benzene rings is 2. The summed E-state index contributed by atoms with van der Waals surface area (Å²) in [6, 6.07) is 12.3. The molecule has 3 atom stereocenters. The van der Waals surface area contributed by atoms with Gasteiger partial charge in [0.15, 0.2) is 5.17 Å². The first-order valence-corrected chi connectivity index (χ1v) is 11.6. The first kappa shape index (κ1) is 24.5. The minimum atomic E-state index is -1.11. The number of aliphatic hydroxyl groups excluding tert-OH is 3.